The monoisotopic (exact) mass is 386 g/mol. The van der Waals surface area contributed by atoms with Crippen molar-refractivity contribution in [3.8, 4) is 0 Å². The second-order valence-electron chi connectivity index (χ2n) is 9.74. The third kappa shape index (κ3) is 4.54. The first-order valence-electron chi connectivity index (χ1n) is 10.0. The van der Waals surface area contributed by atoms with Gasteiger partial charge >= 0.3 is 5.97 Å². The fraction of sp³-hybridized carbons (Fsp3) is 0.542. The van der Waals surface area contributed by atoms with E-state index in [1.165, 1.54) is 17.2 Å². The highest BCUT2D eigenvalue weighted by Gasteiger charge is 2.38. The first kappa shape index (κ1) is 20.8. The fourth-order valence-corrected chi connectivity index (χ4v) is 4.88. The van der Waals surface area contributed by atoms with Crippen LogP contribution in [0.15, 0.2) is 35.9 Å². The van der Waals surface area contributed by atoms with Crippen molar-refractivity contribution >= 4 is 11.5 Å². The summed E-state index contributed by atoms with van der Waals surface area (Å²) in [7, 11) is 0. The molecule has 0 spiro atoms. The number of carbonyl (C=O) groups excluding carboxylic acids is 1. The van der Waals surface area contributed by atoms with Gasteiger partial charge in [0.25, 0.3) is 0 Å². The molecule has 152 valence electrons. The topological polar surface area (TPSA) is 46.5 Å². The van der Waals surface area contributed by atoms with Crippen LogP contribution in [-0.4, -0.2) is 23.3 Å². The molecule has 4 heteroatoms. The van der Waals surface area contributed by atoms with Gasteiger partial charge in [0.15, 0.2) is 0 Å². The van der Waals surface area contributed by atoms with Crippen molar-refractivity contribution in [1.82, 2.24) is 0 Å². The molecule has 1 aromatic rings. The maximum absolute atomic E-state index is 13.8. The Morgan fingerprint density at radius 1 is 1.25 bits per heavy atom. The van der Waals surface area contributed by atoms with Gasteiger partial charge in [-0.2, -0.15) is 0 Å². The average molecular weight is 387 g/mol. The zero-order chi connectivity index (χ0) is 20.7. The molecule has 1 aromatic carbocycles. The van der Waals surface area contributed by atoms with Crippen molar-refractivity contribution in [2.75, 3.05) is 0 Å². The summed E-state index contributed by atoms with van der Waals surface area (Å²) >= 11 is 0. The van der Waals surface area contributed by atoms with Crippen molar-refractivity contribution in [2.24, 2.45) is 10.8 Å². The Morgan fingerprint density at radius 3 is 2.61 bits per heavy atom. The molecule has 0 unspecified atom stereocenters. The van der Waals surface area contributed by atoms with Crippen molar-refractivity contribution in [2.45, 2.75) is 72.5 Å². The van der Waals surface area contributed by atoms with Crippen LogP contribution in [0.1, 0.15) is 64.5 Å². The van der Waals surface area contributed by atoms with Crippen molar-refractivity contribution < 1.29 is 19.0 Å². The van der Waals surface area contributed by atoms with Crippen LogP contribution in [0.25, 0.3) is 5.57 Å². The molecule has 0 radical (unpaired) electrons. The van der Waals surface area contributed by atoms with Crippen LogP contribution in [0.4, 0.5) is 4.39 Å². The summed E-state index contributed by atoms with van der Waals surface area (Å²) in [6.07, 6.45) is 5.29. The Balaban J connectivity index is 2.04. The van der Waals surface area contributed by atoms with E-state index in [0.717, 1.165) is 18.4 Å². The lowest BCUT2D eigenvalue weighted by atomic mass is 9.61. The standard InChI is InChI=1S/C24H31FO3/c1-15-10-16(6-9-21(15)25)19-13-23(2,3)14-24(4,5)20(19)8-7-18-11-17(26)12-22(27)28-18/h6-10,17-18,26H,11-14H2,1-5H3/b8-7-/t17-,18-/m1/s1. The van der Waals surface area contributed by atoms with E-state index in [1.807, 2.05) is 18.2 Å². The number of ether oxygens (including phenoxy) is 1. The van der Waals surface area contributed by atoms with Crippen LogP contribution in [0, 0.1) is 23.6 Å². The normalized spacial score (nSPS) is 27.2. The van der Waals surface area contributed by atoms with Gasteiger partial charge in [0.05, 0.1) is 12.5 Å². The fourth-order valence-electron chi connectivity index (χ4n) is 4.88. The van der Waals surface area contributed by atoms with Crippen molar-refractivity contribution in [3.05, 3.63) is 52.9 Å². The quantitative estimate of drug-likeness (QED) is 0.712. The summed E-state index contributed by atoms with van der Waals surface area (Å²) in [5.74, 6) is -0.556. The van der Waals surface area contributed by atoms with E-state index < -0.39 is 12.2 Å². The number of halogens is 1. The highest BCUT2D eigenvalue weighted by atomic mass is 19.1. The number of aryl methyl sites for hydroxylation is 1. The third-order valence-electron chi connectivity index (χ3n) is 5.80. The first-order chi connectivity index (χ1) is 13.0. The lowest BCUT2D eigenvalue weighted by molar-refractivity contribution is -0.156. The van der Waals surface area contributed by atoms with E-state index in [2.05, 4.69) is 33.8 Å². The number of benzene rings is 1. The molecule has 2 aliphatic rings. The van der Waals surface area contributed by atoms with Gasteiger partial charge in [0.1, 0.15) is 11.9 Å². The summed E-state index contributed by atoms with van der Waals surface area (Å²) in [6, 6.07) is 5.31. The Morgan fingerprint density at radius 2 is 1.96 bits per heavy atom. The number of hydrogen-bond acceptors (Lipinski definition) is 3. The number of esters is 1. The number of rotatable bonds is 3. The van der Waals surface area contributed by atoms with Crippen molar-refractivity contribution in [1.29, 1.82) is 0 Å². The molecular weight excluding hydrogens is 355 g/mol. The average Bonchev–Trinajstić information content (AvgIpc) is 2.53. The number of cyclic esters (lactones) is 1. The summed E-state index contributed by atoms with van der Waals surface area (Å²) in [6.45, 7) is 10.8. The number of hydrogen-bond donors (Lipinski definition) is 1. The lowest BCUT2D eigenvalue weighted by Gasteiger charge is -2.43. The Hall–Kier alpha value is -1.94. The molecule has 1 saturated heterocycles. The summed E-state index contributed by atoms with van der Waals surface area (Å²) in [5.41, 5.74) is 4.13. The second-order valence-corrected chi connectivity index (χ2v) is 9.74. The van der Waals surface area contributed by atoms with E-state index in [1.54, 1.807) is 6.92 Å². The Bertz CT molecular complexity index is 832. The first-order valence-corrected chi connectivity index (χ1v) is 10.0. The van der Waals surface area contributed by atoms with E-state index in [0.29, 0.717) is 12.0 Å². The van der Waals surface area contributed by atoms with Gasteiger partial charge in [-0.15, -0.1) is 0 Å². The summed E-state index contributed by atoms with van der Waals surface area (Å²) in [4.78, 5) is 11.6. The zero-order valence-electron chi connectivity index (χ0n) is 17.5. The molecule has 0 saturated carbocycles. The molecule has 3 nitrogen and oxygen atoms in total. The second kappa shape index (κ2) is 7.47. The minimum atomic E-state index is -0.651. The maximum atomic E-state index is 13.8. The number of allylic oxidation sites excluding steroid dienone is 3. The van der Waals surface area contributed by atoms with Crippen LogP contribution in [-0.2, 0) is 9.53 Å². The smallest absolute Gasteiger partial charge is 0.309 e. The van der Waals surface area contributed by atoms with Gasteiger partial charge in [-0.05, 0) is 71.1 Å². The molecule has 28 heavy (non-hydrogen) atoms. The van der Waals surface area contributed by atoms with E-state index in [-0.39, 0.29) is 29.0 Å². The van der Waals surface area contributed by atoms with Crippen LogP contribution in [0.2, 0.25) is 0 Å². The van der Waals surface area contributed by atoms with Gasteiger partial charge in [0, 0.05) is 6.42 Å². The third-order valence-corrected chi connectivity index (χ3v) is 5.80. The molecule has 1 fully saturated rings. The minimum Gasteiger partial charge on any atom is -0.458 e. The highest BCUT2D eigenvalue weighted by Crippen LogP contribution is 2.52. The van der Waals surface area contributed by atoms with E-state index in [4.69, 9.17) is 4.74 Å². The molecule has 1 heterocycles. The van der Waals surface area contributed by atoms with Gasteiger partial charge in [-0.25, -0.2) is 4.39 Å². The molecule has 1 N–H and O–H groups in total. The predicted molar refractivity (Wildman–Crippen MR) is 109 cm³/mol. The predicted octanol–water partition coefficient (Wildman–Crippen LogP) is 5.36. The van der Waals surface area contributed by atoms with Gasteiger partial charge in [-0.3, -0.25) is 4.79 Å². The molecular formula is C24H31FO3. The summed E-state index contributed by atoms with van der Waals surface area (Å²) in [5, 5.41) is 9.86. The molecule has 2 atom stereocenters. The Kier molecular flexibility index (Phi) is 5.55. The van der Waals surface area contributed by atoms with Crippen LogP contribution >= 0.6 is 0 Å². The molecule has 3 rings (SSSR count). The van der Waals surface area contributed by atoms with Crippen LogP contribution in [0.3, 0.4) is 0 Å². The molecule has 0 bridgehead atoms. The van der Waals surface area contributed by atoms with E-state index in [9.17, 15) is 14.3 Å². The lowest BCUT2D eigenvalue weighted by Crippen LogP contribution is -2.32. The SMILES string of the molecule is Cc1cc(C2=C(/C=C\[C@@H]3C[C@@H](O)CC(=O)O3)C(C)(C)CC(C)(C)C2)ccc1F. The van der Waals surface area contributed by atoms with Crippen LogP contribution in [0.5, 0.6) is 0 Å². The molecule has 0 amide bonds. The minimum absolute atomic E-state index is 0.0623. The number of carbonyl (C=O) groups is 1. The largest absolute Gasteiger partial charge is 0.458 e. The maximum Gasteiger partial charge on any atom is 0.309 e. The van der Waals surface area contributed by atoms with Gasteiger partial charge in [0.2, 0.25) is 0 Å². The zero-order valence-corrected chi connectivity index (χ0v) is 17.5. The molecule has 0 aromatic heterocycles. The molecule has 1 aliphatic heterocycles. The number of aliphatic hydroxyl groups excluding tert-OH is 1. The summed E-state index contributed by atoms with van der Waals surface area (Å²) < 4.78 is 19.2. The van der Waals surface area contributed by atoms with E-state index >= 15 is 0 Å². The van der Waals surface area contributed by atoms with Crippen molar-refractivity contribution in [3.63, 3.8) is 0 Å². The molecule has 1 aliphatic carbocycles. The highest BCUT2D eigenvalue weighted by molar-refractivity contribution is 5.74. The number of aliphatic hydroxyl groups is 1. The Labute approximate surface area is 167 Å². The van der Waals surface area contributed by atoms with Gasteiger partial charge < -0.3 is 9.84 Å². The van der Waals surface area contributed by atoms with Crippen LogP contribution < -0.4 is 0 Å². The van der Waals surface area contributed by atoms with Gasteiger partial charge in [-0.1, -0.05) is 39.8 Å².